The largest absolute Gasteiger partial charge is 0.489 e. The fourth-order valence-corrected chi connectivity index (χ4v) is 7.12. The topological polar surface area (TPSA) is 160 Å². The van der Waals surface area contributed by atoms with E-state index in [2.05, 4.69) is 4.98 Å². The van der Waals surface area contributed by atoms with Crippen molar-refractivity contribution in [3.63, 3.8) is 0 Å². The molecular formula is C23H16ClN3O8S2. The molecule has 0 aliphatic carbocycles. The number of carboxylic acids is 1. The number of ether oxygens (including phenoxy) is 1. The highest BCUT2D eigenvalue weighted by molar-refractivity contribution is 8.00. The second-order valence-corrected chi connectivity index (χ2v) is 10.9. The smallest absolute Gasteiger partial charge is 0.323 e. The molecule has 2 amide bonds. The SMILES string of the molecule is O=C(O)CN1C(=O)C2Sc3[nH]c(=O)sc3[C@H](c3cc([N+](=O)[O-])ccc3OCc3ccc(Cl)cc3)C2C1=O. The van der Waals surface area contributed by atoms with E-state index in [1.165, 1.54) is 18.2 Å². The van der Waals surface area contributed by atoms with Gasteiger partial charge in [-0.3, -0.25) is 34.2 Å². The number of thioether (sulfide) groups is 1. The van der Waals surface area contributed by atoms with Crippen molar-refractivity contribution in [2.24, 2.45) is 5.92 Å². The Morgan fingerprint density at radius 3 is 2.57 bits per heavy atom. The number of aromatic amines is 1. The van der Waals surface area contributed by atoms with Gasteiger partial charge in [-0.2, -0.15) is 0 Å². The number of fused-ring (bicyclic) bond motifs is 2. The van der Waals surface area contributed by atoms with Gasteiger partial charge in [-0.25, -0.2) is 0 Å². The minimum Gasteiger partial charge on any atom is -0.489 e. The van der Waals surface area contributed by atoms with E-state index < -0.39 is 51.2 Å². The zero-order valence-electron chi connectivity index (χ0n) is 18.6. The molecule has 1 saturated heterocycles. The van der Waals surface area contributed by atoms with E-state index in [4.69, 9.17) is 16.3 Å². The van der Waals surface area contributed by atoms with Crippen LogP contribution >= 0.6 is 34.7 Å². The van der Waals surface area contributed by atoms with Gasteiger partial charge >= 0.3 is 10.8 Å². The number of benzene rings is 2. The third kappa shape index (κ3) is 4.61. The van der Waals surface area contributed by atoms with E-state index in [1.54, 1.807) is 24.3 Å². The van der Waals surface area contributed by atoms with Crippen LogP contribution < -0.4 is 9.61 Å². The zero-order chi connectivity index (χ0) is 26.4. The third-order valence-corrected chi connectivity index (χ3v) is 8.71. The van der Waals surface area contributed by atoms with Crippen molar-refractivity contribution < 1.29 is 29.2 Å². The number of halogens is 1. The van der Waals surface area contributed by atoms with Gasteiger partial charge in [-0.15, -0.1) is 0 Å². The van der Waals surface area contributed by atoms with Crippen LogP contribution in [0.2, 0.25) is 5.02 Å². The van der Waals surface area contributed by atoms with E-state index in [1.807, 2.05) is 0 Å². The average molecular weight is 562 g/mol. The normalized spacial score (nSPS) is 20.5. The number of hydrogen-bond donors (Lipinski definition) is 2. The molecule has 0 radical (unpaired) electrons. The maximum Gasteiger partial charge on any atom is 0.323 e. The Hall–Kier alpha value is -3.68. The standard InChI is InChI=1S/C23H16ClN3O8S2/c24-11-3-1-10(2-4-11)9-35-14-6-5-12(27(33)34)7-13(14)16-17-19(36-20-18(16)37-23(32)25-20)22(31)26(21(17)30)8-15(28)29/h1-7,16-17,19H,8-9H2,(H,25,32)(H,28,29)/t16-,17?,19?/m1/s1. The van der Waals surface area contributed by atoms with Crippen LogP contribution in [0.25, 0.3) is 0 Å². The summed E-state index contributed by atoms with van der Waals surface area (Å²) in [5.74, 6) is -4.60. The van der Waals surface area contributed by atoms with Crippen molar-refractivity contribution in [3.05, 3.63) is 83.3 Å². The van der Waals surface area contributed by atoms with Crippen LogP contribution in [0.4, 0.5) is 5.69 Å². The minimum absolute atomic E-state index is 0.0752. The number of aromatic nitrogens is 1. The van der Waals surface area contributed by atoms with Crippen LogP contribution in [0.1, 0.15) is 21.9 Å². The number of amides is 2. The van der Waals surface area contributed by atoms with Crippen LogP contribution in [0.5, 0.6) is 5.75 Å². The molecule has 0 saturated carbocycles. The summed E-state index contributed by atoms with van der Waals surface area (Å²) in [5.41, 5.74) is 0.734. The van der Waals surface area contributed by atoms with Crippen LogP contribution in [-0.2, 0) is 21.0 Å². The summed E-state index contributed by atoms with van der Waals surface area (Å²) < 4.78 is 6.01. The lowest BCUT2D eigenvalue weighted by Crippen LogP contribution is -2.36. The highest BCUT2D eigenvalue weighted by Crippen LogP contribution is 2.54. The number of carboxylic acid groups (broad SMARTS) is 1. The highest BCUT2D eigenvalue weighted by atomic mass is 35.5. The molecule has 11 nitrogen and oxygen atoms in total. The lowest BCUT2D eigenvalue weighted by atomic mass is 9.82. The van der Waals surface area contributed by atoms with Gasteiger partial charge < -0.3 is 14.8 Å². The molecular weight excluding hydrogens is 546 g/mol. The molecule has 37 heavy (non-hydrogen) atoms. The molecule has 2 aromatic carbocycles. The number of rotatable bonds is 7. The Kier molecular flexibility index (Phi) is 6.52. The number of nitrogens with one attached hydrogen (secondary N) is 1. The number of thiazole rings is 1. The molecule has 2 unspecified atom stereocenters. The second kappa shape index (κ2) is 9.65. The number of aliphatic carboxylic acids is 1. The van der Waals surface area contributed by atoms with Crippen LogP contribution in [0.3, 0.4) is 0 Å². The molecule has 14 heteroatoms. The molecule has 3 heterocycles. The molecule has 1 fully saturated rings. The van der Waals surface area contributed by atoms with Crippen LogP contribution in [0.15, 0.2) is 52.3 Å². The Balaban J connectivity index is 1.63. The monoisotopic (exact) mass is 561 g/mol. The van der Waals surface area contributed by atoms with Crippen molar-refractivity contribution in [2.75, 3.05) is 6.54 Å². The van der Waals surface area contributed by atoms with E-state index in [0.717, 1.165) is 28.7 Å². The molecule has 190 valence electrons. The van der Waals surface area contributed by atoms with Gasteiger partial charge in [-0.1, -0.05) is 46.8 Å². The lowest BCUT2D eigenvalue weighted by Gasteiger charge is -2.30. The zero-order valence-corrected chi connectivity index (χ0v) is 21.0. The Labute approximate surface area is 221 Å². The summed E-state index contributed by atoms with van der Waals surface area (Å²) in [6, 6.07) is 10.8. The predicted molar refractivity (Wildman–Crippen MR) is 133 cm³/mol. The minimum atomic E-state index is -1.35. The van der Waals surface area contributed by atoms with Gasteiger partial charge in [0, 0.05) is 33.5 Å². The molecule has 2 aliphatic rings. The summed E-state index contributed by atoms with van der Waals surface area (Å²) >= 11 is 7.75. The van der Waals surface area contributed by atoms with Gasteiger partial charge in [0.2, 0.25) is 11.8 Å². The van der Waals surface area contributed by atoms with Crippen molar-refractivity contribution in [1.82, 2.24) is 9.88 Å². The molecule has 0 bridgehead atoms. The molecule has 1 aromatic heterocycles. The number of non-ortho nitro benzene ring substituents is 1. The summed E-state index contributed by atoms with van der Waals surface area (Å²) in [4.78, 5) is 64.4. The van der Waals surface area contributed by atoms with E-state index in [0.29, 0.717) is 19.8 Å². The van der Waals surface area contributed by atoms with Gasteiger partial charge in [0.1, 0.15) is 24.2 Å². The molecule has 2 aliphatic heterocycles. The Morgan fingerprint density at radius 2 is 1.89 bits per heavy atom. The Bertz CT molecular complexity index is 1500. The highest BCUT2D eigenvalue weighted by Gasteiger charge is 2.56. The maximum absolute atomic E-state index is 13.4. The molecule has 3 aromatic rings. The van der Waals surface area contributed by atoms with Gasteiger partial charge in [-0.05, 0) is 23.8 Å². The predicted octanol–water partition coefficient (Wildman–Crippen LogP) is 3.25. The molecule has 0 spiro atoms. The van der Waals surface area contributed by atoms with Gasteiger partial charge in [0.15, 0.2) is 0 Å². The fraction of sp³-hybridized carbons (Fsp3) is 0.217. The number of nitro groups is 1. The van der Waals surface area contributed by atoms with E-state index in [-0.39, 0.29) is 23.6 Å². The summed E-state index contributed by atoms with van der Waals surface area (Å²) in [6.07, 6.45) is 0. The quantitative estimate of drug-likeness (QED) is 0.251. The number of hydrogen-bond acceptors (Lipinski definition) is 9. The van der Waals surface area contributed by atoms with Crippen LogP contribution in [0, 0.1) is 16.0 Å². The van der Waals surface area contributed by atoms with Crippen molar-refractivity contribution in [2.45, 2.75) is 22.8 Å². The lowest BCUT2D eigenvalue weighted by molar-refractivity contribution is -0.385. The number of nitro benzene ring substituents is 1. The number of nitrogens with zero attached hydrogens (tertiary/aromatic N) is 2. The first kappa shape index (κ1) is 25.0. The average Bonchev–Trinajstić information content (AvgIpc) is 3.34. The second-order valence-electron chi connectivity index (χ2n) is 8.30. The van der Waals surface area contributed by atoms with Gasteiger partial charge in [0.05, 0.1) is 15.9 Å². The van der Waals surface area contributed by atoms with E-state index in [9.17, 15) is 34.4 Å². The third-order valence-electron chi connectivity index (χ3n) is 6.06. The van der Waals surface area contributed by atoms with Crippen LogP contribution in [-0.4, -0.2) is 49.5 Å². The summed E-state index contributed by atoms with van der Waals surface area (Å²) in [5, 5.41) is 20.7. The number of imide groups is 1. The maximum atomic E-state index is 13.4. The molecule has 5 rings (SSSR count). The number of likely N-dealkylation sites (tertiary alicyclic amines) is 1. The summed E-state index contributed by atoms with van der Waals surface area (Å²) in [7, 11) is 0. The first-order chi connectivity index (χ1) is 17.6. The van der Waals surface area contributed by atoms with Gasteiger partial charge in [0.25, 0.3) is 5.69 Å². The Morgan fingerprint density at radius 1 is 1.16 bits per heavy atom. The molecule has 2 N–H and O–H groups in total. The van der Waals surface area contributed by atoms with E-state index >= 15 is 0 Å². The fourth-order valence-electron chi connectivity index (χ4n) is 4.47. The first-order valence-corrected chi connectivity index (χ1v) is 12.8. The first-order valence-electron chi connectivity index (χ1n) is 10.8. The molecule has 3 atom stereocenters. The number of carbonyl (C=O) groups is 3. The number of carbonyl (C=O) groups excluding carboxylic acids is 2. The van der Waals surface area contributed by atoms with Crippen molar-refractivity contribution in [1.29, 1.82) is 0 Å². The van der Waals surface area contributed by atoms with Crippen molar-refractivity contribution in [3.8, 4) is 5.75 Å². The van der Waals surface area contributed by atoms with Crippen molar-refractivity contribution >= 4 is 58.2 Å². The number of H-pyrrole nitrogens is 1. The summed E-state index contributed by atoms with van der Waals surface area (Å²) in [6.45, 7) is -0.733.